The summed E-state index contributed by atoms with van der Waals surface area (Å²) < 4.78 is 0. The van der Waals surface area contributed by atoms with Crippen LogP contribution >= 0.6 is 23.6 Å². The van der Waals surface area contributed by atoms with E-state index in [4.69, 9.17) is 12.2 Å². The Labute approximate surface area is 128 Å². The Bertz CT molecular complexity index is 559. The summed E-state index contributed by atoms with van der Waals surface area (Å²) in [6.07, 6.45) is 2.73. The largest absolute Gasteiger partial charge is 0.361 e. The lowest BCUT2D eigenvalue weighted by molar-refractivity contribution is 0.846. The van der Waals surface area contributed by atoms with Gasteiger partial charge >= 0.3 is 0 Å². The van der Waals surface area contributed by atoms with Gasteiger partial charge in [-0.15, -0.1) is 11.3 Å². The van der Waals surface area contributed by atoms with E-state index in [1.807, 2.05) is 12.1 Å². The van der Waals surface area contributed by atoms with E-state index in [0.29, 0.717) is 5.11 Å². The number of rotatable bonds is 5. The van der Waals surface area contributed by atoms with Crippen LogP contribution in [0.4, 0.5) is 0 Å². The van der Waals surface area contributed by atoms with Crippen molar-refractivity contribution in [3.05, 3.63) is 57.8 Å². The average molecular weight is 303 g/mol. The van der Waals surface area contributed by atoms with Gasteiger partial charge in [-0.1, -0.05) is 35.9 Å². The van der Waals surface area contributed by atoms with Crippen LogP contribution in [0.5, 0.6) is 0 Å². The third-order valence-electron chi connectivity index (χ3n) is 2.69. The smallest absolute Gasteiger partial charge is 0.186 e. The minimum Gasteiger partial charge on any atom is -0.361 e. The van der Waals surface area contributed by atoms with Gasteiger partial charge in [-0.05, 0) is 42.6 Å². The summed E-state index contributed by atoms with van der Waals surface area (Å²) in [5.74, 6) is 0. The fourth-order valence-electron chi connectivity index (χ4n) is 1.61. The molecule has 0 saturated carbocycles. The molecule has 104 valence electrons. The van der Waals surface area contributed by atoms with Crippen molar-refractivity contribution in [3.63, 3.8) is 0 Å². The Kier molecular flexibility index (Phi) is 5.70. The summed E-state index contributed by atoms with van der Waals surface area (Å²) in [6.45, 7) is 2.87. The van der Waals surface area contributed by atoms with Crippen LogP contribution in [0.15, 0.2) is 46.9 Å². The molecule has 0 fully saturated rings. The number of hydrazone groups is 1. The summed E-state index contributed by atoms with van der Waals surface area (Å²) in [5.41, 5.74) is 5.10. The van der Waals surface area contributed by atoms with Gasteiger partial charge in [-0.2, -0.15) is 5.10 Å². The molecular weight excluding hydrogens is 286 g/mol. The predicted octanol–water partition coefficient (Wildman–Crippen LogP) is 3.10. The van der Waals surface area contributed by atoms with E-state index in [1.54, 1.807) is 17.6 Å². The molecule has 5 heteroatoms. The van der Waals surface area contributed by atoms with Crippen LogP contribution in [-0.2, 0) is 6.42 Å². The summed E-state index contributed by atoms with van der Waals surface area (Å²) in [5, 5.41) is 9.87. The van der Waals surface area contributed by atoms with Gasteiger partial charge in [0.1, 0.15) is 0 Å². The third kappa shape index (κ3) is 5.11. The standard InChI is InChI=1S/C15H17N3S2/c1-12-4-6-13(7-5-12)11-17-18-15(19)16-9-8-14-3-2-10-20-14/h2-7,10-11H,8-9H2,1H3,(H2,16,18,19). The topological polar surface area (TPSA) is 36.4 Å². The van der Waals surface area contributed by atoms with Crippen molar-refractivity contribution < 1.29 is 0 Å². The van der Waals surface area contributed by atoms with Gasteiger partial charge in [-0.3, -0.25) is 5.43 Å². The summed E-state index contributed by atoms with van der Waals surface area (Å²) in [7, 11) is 0. The van der Waals surface area contributed by atoms with Gasteiger partial charge in [0.25, 0.3) is 0 Å². The highest BCUT2D eigenvalue weighted by Gasteiger charge is 1.95. The first kappa shape index (κ1) is 14.7. The molecule has 0 aliphatic heterocycles. The fraction of sp³-hybridized carbons (Fsp3) is 0.200. The van der Waals surface area contributed by atoms with Crippen molar-refractivity contribution in [1.82, 2.24) is 10.7 Å². The van der Waals surface area contributed by atoms with E-state index >= 15 is 0 Å². The van der Waals surface area contributed by atoms with Crippen LogP contribution in [0.1, 0.15) is 16.0 Å². The molecule has 0 atom stereocenters. The number of aryl methyl sites for hydroxylation is 1. The molecule has 0 bridgehead atoms. The highest BCUT2D eigenvalue weighted by molar-refractivity contribution is 7.80. The molecule has 20 heavy (non-hydrogen) atoms. The number of benzene rings is 1. The maximum Gasteiger partial charge on any atom is 0.186 e. The Hall–Kier alpha value is -1.72. The van der Waals surface area contributed by atoms with E-state index in [2.05, 4.69) is 52.4 Å². The minimum absolute atomic E-state index is 0.546. The average Bonchev–Trinajstić information content (AvgIpc) is 2.94. The molecule has 0 saturated heterocycles. The molecule has 0 unspecified atom stereocenters. The summed E-state index contributed by atoms with van der Waals surface area (Å²) in [4.78, 5) is 1.35. The highest BCUT2D eigenvalue weighted by Crippen LogP contribution is 2.07. The first-order valence-electron chi connectivity index (χ1n) is 6.40. The van der Waals surface area contributed by atoms with Gasteiger partial charge in [0, 0.05) is 11.4 Å². The third-order valence-corrected chi connectivity index (χ3v) is 3.87. The second-order valence-electron chi connectivity index (χ2n) is 4.37. The zero-order chi connectivity index (χ0) is 14.2. The van der Waals surface area contributed by atoms with Crippen LogP contribution in [0.2, 0.25) is 0 Å². The summed E-state index contributed by atoms with van der Waals surface area (Å²) >= 11 is 6.91. The lowest BCUT2D eigenvalue weighted by atomic mass is 10.2. The second kappa shape index (κ2) is 7.77. The fourth-order valence-corrected chi connectivity index (χ4v) is 2.48. The van der Waals surface area contributed by atoms with Gasteiger partial charge in [0.15, 0.2) is 5.11 Å². The van der Waals surface area contributed by atoms with Crippen molar-refractivity contribution in [3.8, 4) is 0 Å². The summed E-state index contributed by atoms with van der Waals surface area (Å²) in [6, 6.07) is 12.3. The number of nitrogens with zero attached hydrogens (tertiary/aromatic N) is 1. The monoisotopic (exact) mass is 303 g/mol. The van der Waals surface area contributed by atoms with Gasteiger partial charge in [0.05, 0.1) is 6.21 Å². The highest BCUT2D eigenvalue weighted by atomic mass is 32.1. The van der Waals surface area contributed by atoms with E-state index in [1.165, 1.54) is 10.4 Å². The molecule has 1 heterocycles. The molecule has 1 aromatic heterocycles. The van der Waals surface area contributed by atoms with Crippen molar-refractivity contribution in [2.24, 2.45) is 5.10 Å². The Balaban J connectivity index is 1.68. The number of hydrogen-bond donors (Lipinski definition) is 2. The molecule has 0 amide bonds. The zero-order valence-corrected chi connectivity index (χ0v) is 12.9. The molecule has 2 N–H and O–H groups in total. The molecule has 2 aromatic rings. The number of thiophene rings is 1. The maximum atomic E-state index is 5.15. The van der Waals surface area contributed by atoms with E-state index in [-0.39, 0.29) is 0 Å². The SMILES string of the molecule is Cc1ccc(C=NNC(=S)NCCc2cccs2)cc1. The van der Waals surface area contributed by atoms with Crippen molar-refractivity contribution in [2.45, 2.75) is 13.3 Å². The van der Waals surface area contributed by atoms with E-state index in [0.717, 1.165) is 18.5 Å². The van der Waals surface area contributed by atoms with Crippen LogP contribution in [0, 0.1) is 6.92 Å². The van der Waals surface area contributed by atoms with Crippen LogP contribution in [0.25, 0.3) is 0 Å². The van der Waals surface area contributed by atoms with Gasteiger partial charge in [-0.25, -0.2) is 0 Å². The van der Waals surface area contributed by atoms with Gasteiger partial charge < -0.3 is 5.32 Å². The van der Waals surface area contributed by atoms with Crippen molar-refractivity contribution >= 4 is 34.9 Å². The van der Waals surface area contributed by atoms with Crippen LogP contribution in [-0.4, -0.2) is 17.9 Å². The first-order chi connectivity index (χ1) is 9.74. The molecular formula is C15H17N3S2. The molecule has 1 aromatic carbocycles. The molecule has 0 radical (unpaired) electrons. The normalized spacial score (nSPS) is 10.7. The first-order valence-corrected chi connectivity index (χ1v) is 7.69. The zero-order valence-electron chi connectivity index (χ0n) is 11.3. The van der Waals surface area contributed by atoms with Crippen molar-refractivity contribution in [1.29, 1.82) is 0 Å². The Morgan fingerprint density at radius 1 is 1.30 bits per heavy atom. The second-order valence-corrected chi connectivity index (χ2v) is 5.81. The van der Waals surface area contributed by atoms with Gasteiger partial charge in [0.2, 0.25) is 0 Å². The molecule has 0 aliphatic rings. The lowest BCUT2D eigenvalue weighted by Crippen LogP contribution is -2.33. The molecule has 3 nitrogen and oxygen atoms in total. The minimum atomic E-state index is 0.546. The van der Waals surface area contributed by atoms with Crippen LogP contribution in [0.3, 0.4) is 0 Å². The molecule has 0 spiro atoms. The number of thiocarbonyl (C=S) groups is 1. The predicted molar refractivity (Wildman–Crippen MR) is 90.5 cm³/mol. The maximum absolute atomic E-state index is 5.15. The van der Waals surface area contributed by atoms with Crippen molar-refractivity contribution in [2.75, 3.05) is 6.54 Å². The Morgan fingerprint density at radius 3 is 2.80 bits per heavy atom. The Morgan fingerprint density at radius 2 is 2.10 bits per heavy atom. The lowest BCUT2D eigenvalue weighted by Gasteiger charge is -2.05. The molecule has 0 aliphatic carbocycles. The number of hydrogen-bond acceptors (Lipinski definition) is 3. The quantitative estimate of drug-likeness (QED) is 0.506. The van der Waals surface area contributed by atoms with E-state index in [9.17, 15) is 0 Å². The molecule has 2 rings (SSSR count). The van der Waals surface area contributed by atoms with Crippen LogP contribution < -0.4 is 10.7 Å². The van der Waals surface area contributed by atoms with E-state index < -0.39 is 0 Å². The number of nitrogens with one attached hydrogen (secondary N) is 2.